The van der Waals surface area contributed by atoms with Crippen LogP contribution in [0.1, 0.15) is 12.5 Å². The van der Waals surface area contributed by atoms with E-state index in [1.54, 1.807) is 19.1 Å². The van der Waals surface area contributed by atoms with E-state index in [4.69, 9.17) is 9.84 Å². The number of aliphatic hydroxyl groups is 1. The molecule has 4 nitrogen and oxygen atoms in total. The number of benzene rings is 1. The molecule has 1 N–H and O–H groups in total. The van der Waals surface area contributed by atoms with Gasteiger partial charge in [-0.05, 0) is 24.6 Å². The molecule has 0 saturated carbocycles. The number of rotatable bonds is 4. The van der Waals surface area contributed by atoms with Crippen LogP contribution >= 0.6 is 0 Å². The number of hydrogen-bond acceptors (Lipinski definition) is 4. The van der Waals surface area contributed by atoms with Crippen LogP contribution in [-0.4, -0.2) is 31.8 Å². The van der Waals surface area contributed by atoms with Gasteiger partial charge in [-0.15, -0.1) is 0 Å². The maximum absolute atomic E-state index is 11.5. The third-order valence-electron chi connectivity index (χ3n) is 2.32. The van der Waals surface area contributed by atoms with Gasteiger partial charge in [-0.1, -0.05) is 12.1 Å². The number of carbonyl (C=O) groups excluding carboxylic acids is 1. The highest BCUT2D eigenvalue weighted by atomic mass is 16.5. The highest BCUT2D eigenvalue weighted by Gasteiger charge is 2.13. The molecule has 0 aliphatic rings. The summed E-state index contributed by atoms with van der Waals surface area (Å²) in [5, 5.41) is 9.08. The molecule has 4 heteroatoms. The van der Waals surface area contributed by atoms with Crippen molar-refractivity contribution >= 4 is 17.2 Å². The van der Waals surface area contributed by atoms with E-state index in [0.717, 1.165) is 11.9 Å². The molecule has 1 aromatic rings. The molecule has 0 spiro atoms. The lowest BCUT2D eigenvalue weighted by Gasteiger charge is -2.13. The zero-order valence-electron chi connectivity index (χ0n) is 10.3. The van der Waals surface area contributed by atoms with Crippen molar-refractivity contribution in [1.82, 2.24) is 0 Å². The number of carbonyl (C=O) groups is 1. The lowest BCUT2D eigenvalue weighted by atomic mass is 10.1. The molecule has 0 bridgehead atoms. The van der Waals surface area contributed by atoms with Gasteiger partial charge in [-0.3, -0.25) is 0 Å². The van der Waals surface area contributed by atoms with Crippen molar-refractivity contribution in [3.05, 3.63) is 36.1 Å². The average Bonchev–Trinajstić information content (AvgIpc) is 2.31. The quantitative estimate of drug-likeness (QED) is 0.494. The first-order chi connectivity index (χ1) is 8.10. The molecular formula is C13H17NO3. The number of hydrogen-bond donors (Lipinski definition) is 1. The molecule has 0 saturated heterocycles. The highest BCUT2D eigenvalue weighted by Crippen LogP contribution is 2.19. The maximum Gasteiger partial charge on any atom is 0.341 e. The summed E-state index contributed by atoms with van der Waals surface area (Å²) in [5.41, 5.74) is 1.82. The third-order valence-corrected chi connectivity index (χ3v) is 2.32. The van der Waals surface area contributed by atoms with Crippen molar-refractivity contribution in [2.24, 2.45) is 0 Å². The van der Waals surface area contributed by atoms with Crippen LogP contribution in [-0.2, 0) is 9.53 Å². The number of anilines is 1. The van der Waals surface area contributed by atoms with E-state index >= 15 is 0 Å². The van der Waals surface area contributed by atoms with Gasteiger partial charge < -0.3 is 14.7 Å². The van der Waals surface area contributed by atoms with E-state index in [1.165, 1.54) is 0 Å². The summed E-state index contributed by atoms with van der Waals surface area (Å²) in [6.07, 6.45) is 0.780. The molecule has 0 atom stereocenters. The smallest absolute Gasteiger partial charge is 0.341 e. The molecule has 0 aliphatic carbocycles. The van der Waals surface area contributed by atoms with Gasteiger partial charge in [0.25, 0.3) is 0 Å². The predicted molar refractivity (Wildman–Crippen MR) is 68.0 cm³/mol. The van der Waals surface area contributed by atoms with Crippen LogP contribution in [0.2, 0.25) is 0 Å². The van der Waals surface area contributed by atoms with Crippen molar-refractivity contribution < 1.29 is 14.6 Å². The van der Waals surface area contributed by atoms with Crippen molar-refractivity contribution in [2.75, 3.05) is 25.6 Å². The van der Waals surface area contributed by atoms with E-state index in [9.17, 15) is 4.79 Å². The Balaban J connectivity index is 2.94. The summed E-state index contributed by atoms with van der Waals surface area (Å²) in [7, 11) is 3.87. The molecule has 92 valence electrons. The van der Waals surface area contributed by atoms with E-state index in [2.05, 4.69) is 0 Å². The lowest BCUT2D eigenvalue weighted by molar-refractivity contribution is -0.136. The minimum absolute atomic E-state index is 0.164. The number of nitrogens with zero attached hydrogens (tertiary/aromatic N) is 1. The minimum atomic E-state index is -0.521. The Kier molecular flexibility index (Phi) is 4.57. The molecule has 0 amide bonds. The van der Waals surface area contributed by atoms with E-state index in [0.29, 0.717) is 5.56 Å². The first kappa shape index (κ1) is 13.1. The van der Waals surface area contributed by atoms with Gasteiger partial charge in [0.1, 0.15) is 5.57 Å². The summed E-state index contributed by atoms with van der Waals surface area (Å²) in [6.45, 7) is 2.01. The van der Waals surface area contributed by atoms with Gasteiger partial charge >= 0.3 is 5.97 Å². The molecule has 0 heterocycles. The fourth-order valence-corrected chi connectivity index (χ4v) is 1.39. The zero-order valence-corrected chi connectivity index (χ0v) is 10.3. The maximum atomic E-state index is 11.5. The topological polar surface area (TPSA) is 49.8 Å². The van der Waals surface area contributed by atoms with E-state index in [-0.39, 0.29) is 12.2 Å². The summed E-state index contributed by atoms with van der Waals surface area (Å²) in [6, 6.07) is 7.29. The van der Waals surface area contributed by atoms with Crippen LogP contribution in [0.3, 0.4) is 0 Å². The van der Waals surface area contributed by atoms with Crippen molar-refractivity contribution in [3.8, 4) is 0 Å². The minimum Gasteiger partial charge on any atom is -0.515 e. The fourth-order valence-electron chi connectivity index (χ4n) is 1.39. The zero-order chi connectivity index (χ0) is 12.8. The summed E-state index contributed by atoms with van der Waals surface area (Å²) in [4.78, 5) is 13.5. The molecular weight excluding hydrogens is 218 g/mol. The van der Waals surface area contributed by atoms with Crippen LogP contribution in [0.5, 0.6) is 0 Å². The molecule has 17 heavy (non-hydrogen) atoms. The molecule has 1 aromatic carbocycles. The van der Waals surface area contributed by atoms with Crippen LogP contribution in [0.25, 0.3) is 5.57 Å². The van der Waals surface area contributed by atoms with Gasteiger partial charge in [-0.2, -0.15) is 0 Å². The first-order valence-electron chi connectivity index (χ1n) is 5.39. The second-order valence-corrected chi connectivity index (χ2v) is 3.70. The fraction of sp³-hybridized carbons (Fsp3) is 0.308. The van der Waals surface area contributed by atoms with Gasteiger partial charge in [0.2, 0.25) is 0 Å². The Morgan fingerprint density at radius 1 is 1.35 bits per heavy atom. The average molecular weight is 235 g/mol. The molecule has 0 radical (unpaired) electrons. The normalized spacial score (nSPS) is 11.1. The molecule has 1 rings (SSSR count). The molecule has 0 fully saturated rings. The van der Waals surface area contributed by atoms with Crippen LogP contribution in [0, 0.1) is 0 Å². The van der Waals surface area contributed by atoms with Crippen LogP contribution < -0.4 is 4.90 Å². The van der Waals surface area contributed by atoms with Crippen LogP contribution in [0.15, 0.2) is 30.5 Å². The van der Waals surface area contributed by atoms with Gasteiger partial charge in [0, 0.05) is 19.8 Å². The van der Waals surface area contributed by atoms with Crippen molar-refractivity contribution in [3.63, 3.8) is 0 Å². The number of aliphatic hydroxyl groups excluding tert-OH is 1. The second-order valence-electron chi connectivity index (χ2n) is 3.70. The number of esters is 1. The van der Waals surface area contributed by atoms with E-state index < -0.39 is 5.97 Å². The highest BCUT2D eigenvalue weighted by molar-refractivity contribution is 6.16. The van der Waals surface area contributed by atoms with Gasteiger partial charge in [0.05, 0.1) is 12.9 Å². The SMILES string of the molecule is CCOC(=O)/C(=C/O)c1ccc(N(C)C)cc1. The first-order valence-corrected chi connectivity index (χ1v) is 5.39. The third kappa shape index (κ3) is 3.24. The summed E-state index contributed by atoms with van der Waals surface area (Å²) < 4.78 is 4.85. The number of ether oxygens (including phenoxy) is 1. The van der Waals surface area contributed by atoms with Crippen molar-refractivity contribution in [1.29, 1.82) is 0 Å². The predicted octanol–water partition coefficient (Wildman–Crippen LogP) is 2.21. The van der Waals surface area contributed by atoms with E-state index in [1.807, 2.05) is 31.1 Å². The van der Waals surface area contributed by atoms with Gasteiger partial charge in [0.15, 0.2) is 0 Å². The summed E-state index contributed by atoms with van der Waals surface area (Å²) in [5.74, 6) is -0.521. The van der Waals surface area contributed by atoms with Gasteiger partial charge in [-0.25, -0.2) is 4.79 Å². The Labute approximate surface area is 101 Å². The Morgan fingerprint density at radius 3 is 2.35 bits per heavy atom. The molecule has 0 aliphatic heterocycles. The van der Waals surface area contributed by atoms with Crippen molar-refractivity contribution in [2.45, 2.75) is 6.92 Å². The standard InChI is InChI=1S/C13H17NO3/c1-4-17-13(16)12(9-15)10-5-7-11(8-6-10)14(2)3/h5-9,15H,4H2,1-3H3/b12-9+. The molecule has 0 unspecified atom stereocenters. The Hall–Kier alpha value is -1.97. The Morgan fingerprint density at radius 2 is 1.94 bits per heavy atom. The Bertz CT molecular complexity index is 407. The molecule has 0 aromatic heterocycles. The largest absolute Gasteiger partial charge is 0.515 e. The summed E-state index contributed by atoms with van der Waals surface area (Å²) >= 11 is 0. The van der Waals surface area contributed by atoms with Crippen LogP contribution in [0.4, 0.5) is 5.69 Å². The second kappa shape index (κ2) is 5.94. The lowest BCUT2D eigenvalue weighted by Crippen LogP contribution is -2.09. The monoisotopic (exact) mass is 235 g/mol.